The van der Waals surface area contributed by atoms with Crippen LogP contribution in [0, 0.1) is 23.6 Å². The number of hydrogen-bond acceptors (Lipinski definition) is 2. The zero-order valence-corrected chi connectivity index (χ0v) is 19.1. The Morgan fingerprint density at radius 1 is 0.938 bits per heavy atom. The Morgan fingerprint density at radius 2 is 1.56 bits per heavy atom. The summed E-state index contributed by atoms with van der Waals surface area (Å²) in [4.78, 5) is 13.7. The van der Waals surface area contributed by atoms with E-state index in [4.69, 9.17) is 0 Å². The van der Waals surface area contributed by atoms with Crippen LogP contribution in [0.2, 0.25) is 0 Å². The minimum atomic E-state index is -0.247. The van der Waals surface area contributed by atoms with Crippen molar-refractivity contribution in [1.29, 1.82) is 0 Å². The Labute approximate surface area is 191 Å². The first kappa shape index (κ1) is 21.5. The third-order valence-electron chi connectivity index (χ3n) is 7.95. The number of unbranched alkanes of at least 4 members (excludes halogenated alkanes) is 2. The molecule has 2 aromatic carbocycles. The van der Waals surface area contributed by atoms with Gasteiger partial charge in [-0.3, -0.25) is 4.79 Å². The first-order valence-corrected chi connectivity index (χ1v) is 12.5. The zero-order valence-electron chi connectivity index (χ0n) is 19.1. The van der Waals surface area contributed by atoms with Gasteiger partial charge in [0.25, 0.3) is 5.91 Å². The lowest BCUT2D eigenvalue weighted by Crippen LogP contribution is -2.59. The zero-order chi connectivity index (χ0) is 22.1. The molecule has 2 aromatic rings. The first-order chi connectivity index (χ1) is 15.5. The van der Waals surface area contributed by atoms with Gasteiger partial charge in [0.15, 0.2) is 0 Å². The average Bonchev–Trinajstić information content (AvgIpc) is 2.76. The van der Waals surface area contributed by atoms with Crippen LogP contribution in [0.3, 0.4) is 0 Å². The number of hydrogen-bond donors (Lipinski definition) is 2. The molecule has 170 valence electrons. The number of benzene rings is 2. The molecule has 0 saturated heterocycles. The molecule has 0 spiro atoms. The molecule has 4 aliphatic carbocycles. The van der Waals surface area contributed by atoms with E-state index in [1.165, 1.54) is 44.2 Å². The first-order valence-electron chi connectivity index (χ1n) is 12.5. The summed E-state index contributed by atoms with van der Waals surface area (Å²) in [5.74, 6) is 2.16. The number of rotatable bonds is 8. The monoisotopic (exact) mass is 434 g/mol. The minimum Gasteiger partial charge on any atom is -0.384 e. The molecular formula is C28H35FN2O. The molecule has 0 aromatic heterocycles. The van der Waals surface area contributed by atoms with E-state index in [1.807, 2.05) is 18.2 Å². The smallest absolute Gasteiger partial charge is 0.253 e. The van der Waals surface area contributed by atoms with E-state index in [2.05, 4.69) is 17.6 Å². The van der Waals surface area contributed by atoms with Crippen molar-refractivity contribution >= 4 is 11.6 Å². The molecule has 4 aliphatic rings. The average molecular weight is 435 g/mol. The lowest BCUT2D eigenvalue weighted by atomic mass is 9.53. The second-order valence-electron chi connectivity index (χ2n) is 10.6. The highest BCUT2D eigenvalue weighted by atomic mass is 19.1. The molecule has 0 unspecified atom stereocenters. The maximum atomic E-state index is 13.7. The van der Waals surface area contributed by atoms with Crippen molar-refractivity contribution in [2.45, 2.75) is 70.3 Å². The van der Waals surface area contributed by atoms with Crippen molar-refractivity contribution in [2.75, 3.05) is 11.9 Å². The Kier molecular flexibility index (Phi) is 5.96. The van der Waals surface area contributed by atoms with E-state index >= 15 is 0 Å². The molecule has 2 N–H and O–H groups in total. The molecule has 0 radical (unpaired) electrons. The summed E-state index contributed by atoms with van der Waals surface area (Å²) in [5, 5.41) is 7.04. The van der Waals surface area contributed by atoms with E-state index in [0.717, 1.165) is 66.8 Å². The van der Waals surface area contributed by atoms with Crippen molar-refractivity contribution < 1.29 is 9.18 Å². The molecule has 4 heteroatoms. The maximum Gasteiger partial charge on any atom is 0.253 e. The SMILES string of the molecule is CCCCCNc1ccc(-c2ccc(F)cc2)cc1C(=O)NC12CC3CC(CC(C3)C1)C2. The van der Waals surface area contributed by atoms with Crippen molar-refractivity contribution in [3.8, 4) is 11.1 Å². The highest BCUT2D eigenvalue weighted by Gasteiger charge is 2.51. The molecule has 3 nitrogen and oxygen atoms in total. The number of amides is 1. The third-order valence-corrected chi connectivity index (χ3v) is 7.95. The number of nitrogens with one attached hydrogen (secondary N) is 2. The summed E-state index contributed by atoms with van der Waals surface area (Å²) in [6.45, 7) is 3.06. The predicted octanol–water partition coefficient (Wildman–Crippen LogP) is 6.79. The van der Waals surface area contributed by atoms with Crippen LogP contribution in [-0.2, 0) is 0 Å². The van der Waals surface area contributed by atoms with Gasteiger partial charge in [-0.05, 0) is 98.1 Å². The second-order valence-corrected chi connectivity index (χ2v) is 10.6. The predicted molar refractivity (Wildman–Crippen MR) is 128 cm³/mol. The van der Waals surface area contributed by atoms with Crippen LogP contribution >= 0.6 is 0 Å². The molecule has 0 heterocycles. The van der Waals surface area contributed by atoms with Crippen molar-refractivity contribution in [3.63, 3.8) is 0 Å². The normalized spacial score (nSPS) is 28.0. The minimum absolute atomic E-state index is 0.0167. The summed E-state index contributed by atoms with van der Waals surface area (Å²) in [6, 6.07) is 12.5. The molecule has 6 rings (SSSR count). The highest BCUT2D eigenvalue weighted by molar-refractivity contribution is 6.01. The molecule has 4 bridgehead atoms. The van der Waals surface area contributed by atoms with Gasteiger partial charge in [0.1, 0.15) is 5.82 Å². The molecular weight excluding hydrogens is 399 g/mol. The molecule has 32 heavy (non-hydrogen) atoms. The molecule has 4 fully saturated rings. The van der Waals surface area contributed by atoms with Gasteiger partial charge < -0.3 is 10.6 Å². The van der Waals surface area contributed by atoms with Crippen LogP contribution < -0.4 is 10.6 Å². The van der Waals surface area contributed by atoms with Crippen LogP contribution in [0.15, 0.2) is 42.5 Å². The van der Waals surface area contributed by atoms with E-state index in [0.29, 0.717) is 5.56 Å². The van der Waals surface area contributed by atoms with Gasteiger partial charge in [0.2, 0.25) is 0 Å². The summed E-state index contributed by atoms with van der Waals surface area (Å²) in [5.41, 5.74) is 3.46. The Morgan fingerprint density at radius 3 is 2.19 bits per heavy atom. The van der Waals surface area contributed by atoms with Crippen LogP contribution in [0.5, 0.6) is 0 Å². The van der Waals surface area contributed by atoms with Gasteiger partial charge in [0, 0.05) is 17.8 Å². The molecule has 4 saturated carbocycles. The van der Waals surface area contributed by atoms with Gasteiger partial charge in [0.05, 0.1) is 5.56 Å². The molecule has 1 amide bonds. The van der Waals surface area contributed by atoms with E-state index in [9.17, 15) is 9.18 Å². The lowest BCUT2D eigenvalue weighted by molar-refractivity contribution is -0.0166. The second kappa shape index (κ2) is 8.88. The molecule has 0 aliphatic heterocycles. The number of carbonyl (C=O) groups excluding carboxylic acids is 1. The molecule has 0 atom stereocenters. The summed E-state index contributed by atoms with van der Waals surface area (Å²) in [7, 11) is 0. The van der Waals surface area contributed by atoms with Crippen LogP contribution in [0.25, 0.3) is 11.1 Å². The fourth-order valence-electron chi connectivity index (χ4n) is 6.88. The topological polar surface area (TPSA) is 41.1 Å². The van der Waals surface area contributed by atoms with Gasteiger partial charge in [-0.1, -0.05) is 38.0 Å². The van der Waals surface area contributed by atoms with Gasteiger partial charge in [-0.25, -0.2) is 4.39 Å². The summed E-state index contributed by atoms with van der Waals surface area (Å²) >= 11 is 0. The van der Waals surface area contributed by atoms with E-state index in [-0.39, 0.29) is 17.3 Å². The Hall–Kier alpha value is -2.36. The van der Waals surface area contributed by atoms with Crippen LogP contribution in [0.1, 0.15) is 75.1 Å². The largest absolute Gasteiger partial charge is 0.384 e. The van der Waals surface area contributed by atoms with Gasteiger partial charge >= 0.3 is 0 Å². The maximum absolute atomic E-state index is 13.7. The third kappa shape index (κ3) is 4.42. The van der Waals surface area contributed by atoms with Crippen LogP contribution in [0.4, 0.5) is 10.1 Å². The fourth-order valence-corrected chi connectivity index (χ4v) is 6.88. The van der Waals surface area contributed by atoms with Crippen molar-refractivity contribution in [1.82, 2.24) is 5.32 Å². The van der Waals surface area contributed by atoms with Crippen LogP contribution in [-0.4, -0.2) is 18.0 Å². The summed E-state index contributed by atoms with van der Waals surface area (Å²) in [6.07, 6.45) is 10.9. The highest BCUT2D eigenvalue weighted by Crippen LogP contribution is 2.55. The standard InChI is InChI=1S/C28H35FN2O/c1-2-3-4-11-30-26-10-7-23(22-5-8-24(29)9-6-22)15-25(26)27(32)31-28-16-19-12-20(17-28)14-21(13-19)18-28/h5-10,15,19-21,30H,2-4,11-14,16-18H2,1H3,(H,31,32). The lowest BCUT2D eigenvalue weighted by Gasteiger charge is -2.56. The van der Waals surface area contributed by atoms with Gasteiger partial charge in [-0.2, -0.15) is 0 Å². The van der Waals surface area contributed by atoms with Crippen molar-refractivity contribution in [3.05, 3.63) is 53.8 Å². The number of anilines is 1. The van der Waals surface area contributed by atoms with Gasteiger partial charge in [-0.15, -0.1) is 0 Å². The number of halogens is 1. The Bertz CT molecular complexity index is 933. The number of carbonyl (C=O) groups is 1. The quantitative estimate of drug-likeness (QED) is 0.449. The summed E-state index contributed by atoms with van der Waals surface area (Å²) < 4.78 is 13.4. The van der Waals surface area contributed by atoms with Crippen molar-refractivity contribution in [2.24, 2.45) is 17.8 Å². The Balaban J connectivity index is 1.41. The fraction of sp³-hybridized carbons (Fsp3) is 0.536. The van der Waals surface area contributed by atoms with E-state index in [1.54, 1.807) is 12.1 Å². The van der Waals surface area contributed by atoms with E-state index < -0.39 is 0 Å².